The molecule has 3 rings (SSSR count). The minimum absolute atomic E-state index is 0.00382. The molecule has 1 aliphatic rings. The maximum atomic E-state index is 13.8. The van der Waals surface area contributed by atoms with E-state index in [2.05, 4.69) is 4.98 Å². The van der Waals surface area contributed by atoms with Crippen LogP contribution in [0.2, 0.25) is 5.02 Å². The lowest BCUT2D eigenvalue weighted by atomic mass is 10.2. The van der Waals surface area contributed by atoms with Gasteiger partial charge in [-0.3, -0.25) is 9.36 Å². The highest BCUT2D eigenvalue weighted by Gasteiger charge is 2.27. The third-order valence-corrected chi connectivity index (χ3v) is 4.74. The van der Waals surface area contributed by atoms with Crippen molar-refractivity contribution in [2.24, 2.45) is 5.73 Å². The van der Waals surface area contributed by atoms with Crippen LogP contribution < -0.4 is 20.9 Å². The first kappa shape index (κ1) is 19.6. The van der Waals surface area contributed by atoms with Crippen molar-refractivity contribution in [2.45, 2.75) is 39.0 Å². The van der Waals surface area contributed by atoms with Crippen molar-refractivity contribution in [2.75, 3.05) is 18.0 Å². The van der Waals surface area contributed by atoms with Gasteiger partial charge < -0.3 is 15.4 Å². The number of anilines is 1. The molecule has 0 bridgehead atoms. The van der Waals surface area contributed by atoms with E-state index in [4.69, 9.17) is 22.1 Å². The zero-order chi connectivity index (χ0) is 19.7. The van der Waals surface area contributed by atoms with Gasteiger partial charge >= 0.3 is 0 Å². The Bertz CT molecular complexity index is 904. The Morgan fingerprint density at radius 2 is 2.15 bits per heavy atom. The standard InChI is InChI=1S/C18H21ClF2N4O2/c1-10(2)25-17(26)15(19)16(23-18(25)24-6-5-13(22)8-24)27-9-11-3-4-12(20)7-14(11)21/h3-4,7,10,13H,5-6,8-9,22H2,1-2H3. The molecule has 1 saturated heterocycles. The molecule has 1 aliphatic heterocycles. The summed E-state index contributed by atoms with van der Waals surface area (Å²) < 4.78 is 33.8. The van der Waals surface area contributed by atoms with Crippen LogP contribution in [0.4, 0.5) is 14.7 Å². The molecule has 1 aromatic heterocycles. The van der Waals surface area contributed by atoms with E-state index in [-0.39, 0.29) is 35.2 Å². The molecule has 1 fully saturated rings. The molecule has 1 aromatic carbocycles. The first-order chi connectivity index (χ1) is 12.8. The second-order valence-electron chi connectivity index (χ2n) is 6.82. The normalized spacial score (nSPS) is 17.0. The highest BCUT2D eigenvalue weighted by Crippen LogP contribution is 2.27. The van der Waals surface area contributed by atoms with Crippen LogP contribution in [0.3, 0.4) is 0 Å². The van der Waals surface area contributed by atoms with Crippen LogP contribution in [0.25, 0.3) is 0 Å². The van der Waals surface area contributed by atoms with Crippen LogP contribution in [0.1, 0.15) is 31.9 Å². The van der Waals surface area contributed by atoms with Gasteiger partial charge in [-0.15, -0.1) is 0 Å². The summed E-state index contributed by atoms with van der Waals surface area (Å²) in [6.07, 6.45) is 0.785. The lowest BCUT2D eigenvalue weighted by molar-refractivity contribution is 0.285. The fraction of sp³-hybridized carbons (Fsp3) is 0.444. The third-order valence-electron chi connectivity index (χ3n) is 4.41. The average molecular weight is 399 g/mol. The third kappa shape index (κ3) is 4.06. The van der Waals surface area contributed by atoms with Crippen molar-refractivity contribution >= 4 is 17.5 Å². The van der Waals surface area contributed by atoms with Crippen LogP contribution >= 0.6 is 11.6 Å². The van der Waals surface area contributed by atoms with Crippen molar-refractivity contribution in [3.05, 3.63) is 50.8 Å². The van der Waals surface area contributed by atoms with Crippen molar-refractivity contribution in [1.82, 2.24) is 9.55 Å². The monoisotopic (exact) mass is 398 g/mol. The van der Waals surface area contributed by atoms with Gasteiger partial charge in [-0.25, -0.2) is 8.78 Å². The lowest BCUT2D eigenvalue weighted by Gasteiger charge is -2.24. The quantitative estimate of drug-likeness (QED) is 0.838. The SMILES string of the molecule is CC(C)n1c(N2CCC(N)C2)nc(OCc2ccc(F)cc2F)c(Cl)c1=O. The molecule has 0 spiro atoms. The number of nitrogens with two attached hydrogens (primary N) is 1. The van der Waals surface area contributed by atoms with E-state index in [9.17, 15) is 13.6 Å². The van der Waals surface area contributed by atoms with Gasteiger partial charge in [0.25, 0.3) is 5.56 Å². The average Bonchev–Trinajstić information content (AvgIpc) is 3.03. The van der Waals surface area contributed by atoms with Crippen LogP contribution in [0.15, 0.2) is 23.0 Å². The van der Waals surface area contributed by atoms with Gasteiger partial charge in [0.05, 0.1) is 0 Å². The van der Waals surface area contributed by atoms with Crippen LogP contribution in [0, 0.1) is 11.6 Å². The maximum absolute atomic E-state index is 13.8. The number of aromatic nitrogens is 2. The fourth-order valence-electron chi connectivity index (χ4n) is 3.02. The number of halogens is 3. The summed E-state index contributed by atoms with van der Waals surface area (Å²) in [5.41, 5.74) is 5.67. The number of benzene rings is 1. The second-order valence-corrected chi connectivity index (χ2v) is 7.20. The van der Waals surface area contributed by atoms with Crippen LogP contribution in [-0.2, 0) is 6.61 Å². The van der Waals surface area contributed by atoms with Gasteiger partial charge in [-0.05, 0) is 32.4 Å². The molecule has 6 nitrogen and oxygen atoms in total. The topological polar surface area (TPSA) is 73.4 Å². The zero-order valence-electron chi connectivity index (χ0n) is 15.1. The molecule has 2 N–H and O–H groups in total. The Kier molecular flexibility index (Phi) is 5.67. The maximum Gasteiger partial charge on any atom is 0.277 e. The largest absolute Gasteiger partial charge is 0.471 e. The van der Waals surface area contributed by atoms with E-state index in [1.165, 1.54) is 10.6 Å². The number of ether oxygens (including phenoxy) is 1. The van der Waals surface area contributed by atoms with Gasteiger partial charge in [0.2, 0.25) is 11.8 Å². The number of hydrogen-bond donors (Lipinski definition) is 1. The van der Waals surface area contributed by atoms with Crippen LogP contribution in [0.5, 0.6) is 5.88 Å². The molecule has 1 atom stereocenters. The molecule has 9 heteroatoms. The minimum Gasteiger partial charge on any atom is -0.471 e. The molecule has 27 heavy (non-hydrogen) atoms. The molecular formula is C18H21ClF2N4O2. The second kappa shape index (κ2) is 7.82. The van der Waals surface area contributed by atoms with Crippen molar-refractivity contribution in [1.29, 1.82) is 0 Å². The summed E-state index contributed by atoms with van der Waals surface area (Å²) in [6.45, 7) is 4.70. The molecule has 2 heterocycles. The van der Waals surface area contributed by atoms with E-state index < -0.39 is 17.2 Å². The molecule has 146 valence electrons. The first-order valence-corrected chi connectivity index (χ1v) is 9.05. The van der Waals surface area contributed by atoms with E-state index >= 15 is 0 Å². The Hall–Kier alpha value is -2.19. The molecule has 0 aliphatic carbocycles. The summed E-state index contributed by atoms with van der Waals surface area (Å²) in [5, 5.41) is -0.182. The highest BCUT2D eigenvalue weighted by atomic mass is 35.5. The number of hydrogen-bond acceptors (Lipinski definition) is 5. The summed E-state index contributed by atoms with van der Waals surface area (Å²) in [4.78, 5) is 19.1. The van der Waals surface area contributed by atoms with E-state index in [0.29, 0.717) is 19.0 Å². The van der Waals surface area contributed by atoms with E-state index in [1.807, 2.05) is 18.7 Å². The first-order valence-electron chi connectivity index (χ1n) is 8.67. The molecule has 1 unspecified atom stereocenters. The summed E-state index contributed by atoms with van der Waals surface area (Å²) in [7, 11) is 0. The van der Waals surface area contributed by atoms with Crippen LogP contribution in [-0.4, -0.2) is 28.7 Å². The molecule has 0 amide bonds. The Balaban J connectivity index is 1.95. The molecular weight excluding hydrogens is 378 g/mol. The molecule has 2 aromatic rings. The van der Waals surface area contributed by atoms with Gasteiger partial charge in [0.15, 0.2) is 5.02 Å². The smallest absolute Gasteiger partial charge is 0.277 e. The molecule has 0 radical (unpaired) electrons. The van der Waals surface area contributed by atoms with Crippen molar-refractivity contribution < 1.29 is 13.5 Å². The number of rotatable bonds is 5. The van der Waals surface area contributed by atoms with Gasteiger partial charge in [0.1, 0.15) is 18.2 Å². The van der Waals surface area contributed by atoms with Gasteiger partial charge in [0, 0.05) is 36.8 Å². The predicted molar refractivity (Wildman–Crippen MR) is 99.4 cm³/mol. The highest BCUT2D eigenvalue weighted by molar-refractivity contribution is 6.31. The van der Waals surface area contributed by atoms with Gasteiger partial charge in [-0.1, -0.05) is 11.6 Å². The summed E-state index contributed by atoms with van der Waals surface area (Å²) >= 11 is 6.16. The Morgan fingerprint density at radius 3 is 2.74 bits per heavy atom. The van der Waals surface area contributed by atoms with E-state index in [1.54, 1.807) is 0 Å². The van der Waals surface area contributed by atoms with Crippen molar-refractivity contribution in [3.8, 4) is 5.88 Å². The summed E-state index contributed by atoms with van der Waals surface area (Å²) in [5.74, 6) is -1.09. The Labute approximate surface area is 160 Å². The minimum atomic E-state index is -0.743. The molecule has 0 saturated carbocycles. The summed E-state index contributed by atoms with van der Waals surface area (Å²) in [6, 6.07) is 2.99. The fourth-order valence-corrected chi connectivity index (χ4v) is 3.21. The Morgan fingerprint density at radius 1 is 1.41 bits per heavy atom. The number of nitrogens with zero attached hydrogens (tertiary/aromatic N) is 3. The van der Waals surface area contributed by atoms with E-state index in [0.717, 1.165) is 18.6 Å². The lowest BCUT2D eigenvalue weighted by Crippen LogP contribution is -2.34. The predicted octanol–water partition coefficient (Wildman–Crippen LogP) is 2.87. The zero-order valence-corrected chi connectivity index (χ0v) is 15.8. The van der Waals surface area contributed by atoms with Crippen molar-refractivity contribution in [3.63, 3.8) is 0 Å². The van der Waals surface area contributed by atoms with Gasteiger partial charge in [-0.2, -0.15) is 4.98 Å².